The molecule has 3 rings (SSSR count). The number of halogens is 2. The van der Waals surface area contributed by atoms with Gasteiger partial charge in [0.1, 0.15) is 24.2 Å². The van der Waals surface area contributed by atoms with Crippen LogP contribution in [-0.4, -0.2) is 45.1 Å². The van der Waals surface area contributed by atoms with E-state index >= 15 is 0 Å². The van der Waals surface area contributed by atoms with Crippen LogP contribution in [0, 0.1) is 9.39 Å². The zero-order chi connectivity index (χ0) is 19.4. The highest BCUT2D eigenvalue weighted by atomic mass is 127. The van der Waals surface area contributed by atoms with Crippen molar-refractivity contribution in [1.29, 1.82) is 0 Å². The number of aromatic nitrogens is 2. The van der Waals surface area contributed by atoms with Gasteiger partial charge in [-0.15, -0.1) is 0 Å². The smallest absolute Gasteiger partial charge is 0.293 e. The molecular formula is C17H16FIN4O4. The van der Waals surface area contributed by atoms with Crippen LogP contribution in [0.5, 0.6) is 0 Å². The van der Waals surface area contributed by atoms with Crippen LogP contribution in [0.1, 0.15) is 10.5 Å². The third-order valence-electron chi connectivity index (χ3n) is 3.65. The minimum atomic E-state index is -1.11. The number of nitrogens with zero attached hydrogens (tertiary/aromatic N) is 2. The molecule has 1 unspecified atom stereocenters. The predicted molar refractivity (Wildman–Crippen MR) is 104 cm³/mol. The van der Waals surface area contributed by atoms with Crippen LogP contribution in [-0.2, 0) is 4.84 Å². The van der Waals surface area contributed by atoms with Crippen molar-refractivity contribution in [2.45, 2.75) is 6.10 Å². The van der Waals surface area contributed by atoms with E-state index in [-0.39, 0.29) is 18.0 Å². The largest absolute Gasteiger partial charge is 0.394 e. The fourth-order valence-electron chi connectivity index (χ4n) is 2.35. The van der Waals surface area contributed by atoms with Gasteiger partial charge in [0.25, 0.3) is 5.91 Å². The zero-order valence-corrected chi connectivity index (χ0v) is 16.1. The Morgan fingerprint density at radius 2 is 2.19 bits per heavy atom. The molecule has 3 aromatic rings. The molecular weight excluding hydrogens is 470 g/mol. The van der Waals surface area contributed by atoms with Gasteiger partial charge in [0.2, 0.25) is 0 Å². The summed E-state index contributed by atoms with van der Waals surface area (Å²) < 4.78 is 16.4. The van der Waals surface area contributed by atoms with Crippen molar-refractivity contribution in [3.05, 3.63) is 57.8 Å². The maximum absolute atomic E-state index is 14.2. The topological polar surface area (TPSA) is 109 Å². The van der Waals surface area contributed by atoms with E-state index in [1.165, 1.54) is 10.7 Å². The maximum Gasteiger partial charge on any atom is 0.293 e. The highest BCUT2D eigenvalue weighted by Crippen LogP contribution is 2.22. The van der Waals surface area contributed by atoms with Crippen LogP contribution >= 0.6 is 22.6 Å². The fraction of sp³-hybridized carbons (Fsp3) is 0.176. The van der Waals surface area contributed by atoms with Gasteiger partial charge in [-0.05, 0) is 52.9 Å². The summed E-state index contributed by atoms with van der Waals surface area (Å²) >= 11 is 2.01. The first-order valence-corrected chi connectivity index (χ1v) is 8.96. The Bertz CT molecular complexity index is 965. The number of anilines is 1. The number of aliphatic hydroxyl groups is 2. The van der Waals surface area contributed by atoms with Crippen LogP contribution in [0.2, 0.25) is 0 Å². The first-order chi connectivity index (χ1) is 13.0. The van der Waals surface area contributed by atoms with Gasteiger partial charge in [-0.3, -0.25) is 20.0 Å². The van der Waals surface area contributed by atoms with E-state index < -0.39 is 24.4 Å². The number of hydroxylamine groups is 1. The van der Waals surface area contributed by atoms with E-state index in [2.05, 4.69) is 15.9 Å². The van der Waals surface area contributed by atoms with Crippen LogP contribution in [0.3, 0.4) is 0 Å². The summed E-state index contributed by atoms with van der Waals surface area (Å²) in [7, 11) is 0. The molecule has 0 spiro atoms. The second-order valence-electron chi connectivity index (χ2n) is 5.61. The van der Waals surface area contributed by atoms with Crippen molar-refractivity contribution in [2.24, 2.45) is 0 Å². The molecule has 0 radical (unpaired) electrons. The number of fused-ring (bicyclic) bond motifs is 1. The summed E-state index contributed by atoms with van der Waals surface area (Å²) in [5.74, 6) is -1.08. The van der Waals surface area contributed by atoms with Gasteiger partial charge >= 0.3 is 0 Å². The average Bonchev–Trinajstić information content (AvgIpc) is 3.02. The Kier molecular flexibility index (Phi) is 6.21. The minimum Gasteiger partial charge on any atom is -0.394 e. The molecule has 0 fully saturated rings. The van der Waals surface area contributed by atoms with E-state index in [4.69, 9.17) is 9.94 Å². The van der Waals surface area contributed by atoms with Gasteiger partial charge < -0.3 is 10.2 Å². The quantitative estimate of drug-likeness (QED) is 0.299. The number of hydrogen-bond donors (Lipinski definition) is 4. The Morgan fingerprint density at radius 1 is 1.37 bits per heavy atom. The summed E-state index contributed by atoms with van der Waals surface area (Å²) in [5.41, 5.74) is 6.03. The first-order valence-electron chi connectivity index (χ1n) is 7.88. The van der Waals surface area contributed by atoms with E-state index in [1.54, 1.807) is 36.7 Å². The highest BCUT2D eigenvalue weighted by molar-refractivity contribution is 14.1. The molecule has 1 atom stereocenters. The van der Waals surface area contributed by atoms with Gasteiger partial charge in [-0.25, -0.2) is 14.5 Å². The molecule has 10 heteroatoms. The number of carbonyl (C=O) groups is 1. The number of hydrogen-bond acceptors (Lipinski definition) is 6. The summed E-state index contributed by atoms with van der Waals surface area (Å²) in [6, 6.07) is 7.93. The molecule has 2 heterocycles. The van der Waals surface area contributed by atoms with Crippen LogP contribution in [0.15, 0.2) is 42.7 Å². The van der Waals surface area contributed by atoms with E-state index in [9.17, 15) is 14.3 Å². The molecule has 0 saturated heterocycles. The van der Waals surface area contributed by atoms with Gasteiger partial charge in [-0.2, -0.15) is 0 Å². The Balaban J connectivity index is 1.90. The number of rotatable bonds is 7. The number of aliphatic hydroxyl groups excluding tert-OH is 2. The molecule has 2 aromatic heterocycles. The Hall–Kier alpha value is -2.28. The van der Waals surface area contributed by atoms with Crippen LogP contribution in [0.25, 0.3) is 10.9 Å². The summed E-state index contributed by atoms with van der Waals surface area (Å²) in [6.07, 6.45) is 2.02. The lowest BCUT2D eigenvalue weighted by Crippen LogP contribution is -2.32. The van der Waals surface area contributed by atoms with E-state index in [0.717, 1.165) is 3.57 Å². The van der Waals surface area contributed by atoms with Crippen molar-refractivity contribution in [2.75, 3.05) is 18.6 Å². The van der Waals surface area contributed by atoms with Crippen molar-refractivity contribution >= 4 is 45.1 Å². The van der Waals surface area contributed by atoms with Crippen LogP contribution in [0.4, 0.5) is 10.1 Å². The molecule has 27 heavy (non-hydrogen) atoms. The fourth-order valence-corrected chi connectivity index (χ4v) is 2.81. The van der Waals surface area contributed by atoms with E-state index in [0.29, 0.717) is 10.9 Å². The second kappa shape index (κ2) is 8.61. The first kappa shape index (κ1) is 19.5. The standard InChI is InChI=1S/C17H16FIN4O4/c18-13-6-11(19)1-2-14(13)21-23-15-3-4-20-7-10(15)5-16(23)17(26)22-27-9-12(25)8-24/h1-7,12,21,24-25H,8-9H2,(H,22,26). The Morgan fingerprint density at radius 3 is 2.93 bits per heavy atom. The Labute approximate surface area is 167 Å². The number of pyridine rings is 1. The summed E-state index contributed by atoms with van der Waals surface area (Å²) in [6.45, 7) is -0.765. The average molecular weight is 486 g/mol. The molecule has 0 saturated carbocycles. The molecule has 142 valence electrons. The number of nitrogens with one attached hydrogen (secondary N) is 2. The maximum atomic E-state index is 14.2. The number of amides is 1. The molecule has 0 aliphatic carbocycles. The molecule has 0 bridgehead atoms. The highest BCUT2D eigenvalue weighted by Gasteiger charge is 2.18. The zero-order valence-electron chi connectivity index (χ0n) is 13.9. The third kappa shape index (κ3) is 4.53. The van der Waals surface area contributed by atoms with Crippen molar-refractivity contribution in [3.63, 3.8) is 0 Å². The molecule has 1 aromatic carbocycles. The second-order valence-corrected chi connectivity index (χ2v) is 6.86. The monoisotopic (exact) mass is 486 g/mol. The minimum absolute atomic E-state index is 0.148. The third-order valence-corrected chi connectivity index (χ3v) is 4.32. The van der Waals surface area contributed by atoms with Crippen molar-refractivity contribution in [1.82, 2.24) is 15.1 Å². The van der Waals surface area contributed by atoms with Crippen molar-refractivity contribution in [3.8, 4) is 0 Å². The normalized spacial score (nSPS) is 12.1. The SMILES string of the molecule is O=C(NOCC(O)CO)c1cc2cnccc2n1Nc1ccc(I)cc1F. The summed E-state index contributed by atoms with van der Waals surface area (Å²) in [5, 5.41) is 18.7. The van der Waals surface area contributed by atoms with Crippen LogP contribution < -0.4 is 10.9 Å². The summed E-state index contributed by atoms with van der Waals surface area (Å²) in [4.78, 5) is 21.4. The number of carbonyl (C=O) groups excluding carboxylic acids is 1. The lowest BCUT2D eigenvalue weighted by molar-refractivity contribution is -0.0297. The van der Waals surface area contributed by atoms with Gasteiger partial charge in [-0.1, -0.05) is 0 Å². The van der Waals surface area contributed by atoms with E-state index in [1.807, 2.05) is 22.6 Å². The van der Waals surface area contributed by atoms with Gasteiger partial charge in [0.15, 0.2) is 0 Å². The molecule has 8 nitrogen and oxygen atoms in total. The molecule has 0 aliphatic heterocycles. The van der Waals surface area contributed by atoms with Crippen molar-refractivity contribution < 1.29 is 24.2 Å². The molecule has 0 aliphatic rings. The number of benzene rings is 1. The molecule has 1 amide bonds. The van der Waals surface area contributed by atoms with Gasteiger partial charge in [0.05, 0.1) is 17.8 Å². The lowest BCUT2D eigenvalue weighted by Gasteiger charge is -2.14. The lowest BCUT2D eigenvalue weighted by atomic mass is 10.3. The molecule has 4 N–H and O–H groups in total. The predicted octanol–water partition coefficient (Wildman–Crippen LogP) is 1.67. The van der Waals surface area contributed by atoms with Gasteiger partial charge in [0, 0.05) is 21.4 Å².